The van der Waals surface area contributed by atoms with Gasteiger partial charge >= 0.3 is 0 Å². The van der Waals surface area contributed by atoms with E-state index in [4.69, 9.17) is 0 Å². The van der Waals surface area contributed by atoms with Crippen molar-refractivity contribution < 1.29 is 0 Å². The fraction of sp³-hybridized carbons (Fsp3) is 0.750. The SMILES string of the molecule is CC(NC(C)C1CCC1)c1cnn(C)c1. The number of nitrogens with one attached hydrogen (secondary N) is 1. The molecule has 3 nitrogen and oxygen atoms in total. The molecule has 15 heavy (non-hydrogen) atoms. The Hall–Kier alpha value is -0.830. The van der Waals surface area contributed by atoms with Gasteiger partial charge in [0.15, 0.2) is 0 Å². The molecule has 1 aliphatic rings. The van der Waals surface area contributed by atoms with E-state index in [-0.39, 0.29) is 0 Å². The minimum absolute atomic E-state index is 0.411. The van der Waals surface area contributed by atoms with Crippen molar-refractivity contribution in [2.45, 2.75) is 45.2 Å². The summed E-state index contributed by atoms with van der Waals surface area (Å²) in [5, 5.41) is 7.86. The summed E-state index contributed by atoms with van der Waals surface area (Å²) in [6.45, 7) is 4.52. The number of aryl methyl sites for hydroxylation is 1. The molecule has 1 aromatic rings. The monoisotopic (exact) mass is 207 g/mol. The standard InChI is InChI=1S/C12H21N3/c1-9(11-5-4-6-11)14-10(2)12-7-13-15(3)8-12/h7-11,14H,4-6H2,1-3H3. The molecule has 1 N–H and O–H groups in total. The van der Waals surface area contributed by atoms with Crippen LogP contribution < -0.4 is 5.32 Å². The zero-order valence-corrected chi connectivity index (χ0v) is 9.90. The third-order valence-corrected chi connectivity index (χ3v) is 3.59. The zero-order chi connectivity index (χ0) is 10.8. The number of rotatable bonds is 4. The van der Waals surface area contributed by atoms with E-state index in [0.717, 1.165) is 5.92 Å². The van der Waals surface area contributed by atoms with E-state index in [9.17, 15) is 0 Å². The second-order valence-corrected chi connectivity index (χ2v) is 4.82. The van der Waals surface area contributed by atoms with Gasteiger partial charge < -0.3 is 5.32 Å². The molecule has 2 atom stereocenters. The van der Waals surface area contributed by atoms with Gasteiger partial charge in [0, 0.05) is 30.9 Å². The first-order chi connectivity index (χ1) is 7.16. The average Bonchev–Trinajstić information content (AvgIpc) is 2.48. The molecule has 0 saturated heterocycles. The molecule has 0 aromatic carbocycles. The van der Waals surface area contributed by atoms with E-state index in [0.29, 0.717) is 12.1 Å². The highest BCUT2D eigenvalue weighted by atomic mass is 15.2. The Labute approximate surface area is 91.9 Å². The maximum atomic E-state index is 4.20. The number of hydrogen-bond acceptors (Lipinski definition) is 2. The maximum Gasteiger partial charge on any atom is 0.0537 e. The Kier molecular flexibility index (Phi) is 3.10. The molecule has 2 unspecified atom stereocenters. The van der Waals surface area contributed by atoms with Gasteiger partial charge in [-0.05, 0) is 32.6 Å². The second kappa shape index (κ2) is 4.35. The fourth-order valence-electron chi connectivity index (χ4n) is 2.23. The quantitative estimate of drug-likeness (QED) is 0.820. The van der Waals surface area contributed by atoms with Crippen molar-refractivity contribution in [1.29, 1.82) is 0 Å². The molecule has 84 valence electrons. The summed E-state index contributed by atoms with van der Waals surface area (Å²) in [4.78, 5) is 0. The van der Waals surface area contributed by atoms with E-state index in [1.807, 2.05) is 17.9 Å². The van der Waals surface area contributed by atoms with Crippen LogP contribution in [-0.4, -0.2) is 15.8 Å². The summed E-state index contributed by atoms with van der Waals surface area (Å²) < 4.78 is 1.86. The van der Waals surface area contributed by atoms with Crippen molar-refractivity contribution in [3.05, 3.63) is 18.0 Å². The first kappa shape index (κ1) is 10.7. The Morgan fingerprint density at radius 2 is 2.20 bits per heavy atom. The second-order valence-electron chi connectivity index (χ2n) is 4.82. The van der Waals surface area contributed by atoms with Gasteiger partial charge in [0.2, 0.25) is 0 Å². The Bertz CT molecular complexity index is 314. The predicted octanol–water partition coefficient (Wildman–Crippen LogP) is 2.26. The molecular formula is C12H21N3. The third kappa shape index (κ3) is 2.40. The highest BCUT2D eigenvalue weighted by Crippen LogP contribution is 2.30. The van der Waals surface area contributed by atoms with Gasteiger partial charge in [0.25, 0.3) is 0 Å². The van der Waals surface area contributed by atoms with Crippen molar-refractivity contribution in [2.24, 2.45) is 13.0 Å². The summed E-state index contributed by atoms with van der Waals surface area (Å²) in [6.07, 6.45) is 8.25. The maximum absolute atomic E-state index is 4.20. The van der Waals surface area contributed by atoms with E-state index < -0.39 is 0 Å². The van der Waals surface area contributed by atoms with Crippen LogP contribution in [0.15, 0.2) is 12.4 Å². The van der Waals surface area contributed by atoms with Gasteiger partial charge in [-0.15, -0.1) is 0 Å². The molecule has 1 saturated carbocycles. The Balaban J connectivity index is 1.88. The number of nitrogens with zero attached hydrogens (tertiary/aromatic N) is 2. The van der Waals surface area contributed by atoms with Gasteiger partial charge in [0.05, 0.1) is 6.20 Å². The van der Waals surface area contributed by atoms with E-state index in [2.05, 4.69) is 30.5 Å². The third-order valence-electron chi connectivity index (χ3n) is 3.59. The van der Waals surface area contributed by atoms with Gasteiger partial charge in [-0.1, -0.05) is 6.42 Å². The van der Waals surface area contributed by atoms with Crippen LogP contribution in [0, 0.1) is 5.92 Å². The first-order valence-corrected chi connectivity index (χ1v) is 5.91. The molecule has 0 radical (unpaired) electrons. The summed E-state index contributed by atoms with van der Waals surface area (Å²) >= 11 is 0. The number of aromatic nitrogens is 2. The van der Waals surface area contributed by atoms with Gasteiger partial charge in [-0.25, -0.2) is 0 Å². The van der Waals surface area contributed by atoms with E-state index in [1.54, 1.807) is 0 Å². The molecule has 1 aromatic heterocycles. The molecule has 0 bridgehead atoms. The van der Waals surface area contributed by atoms with Gasteiger partial charge in [-0.3, -0.25) is 4.68 Å². The van der Waals surface area contributed by atoms with Crippen molar-refractivity contribution in [3.63, 3.8) is 0 Å². The molecule has 0 spiro atoms. The zero-order valence-electron chi connectivity index (χ0n) is 9.90. The van der Waals surface area contributed by atoms with Crippen molar-refractivity contribution in [1.82, 2.24) is 15.1 Å². The highest BCUT2D eigenvalue weighted by molar-refractivity contribution is 5.09. The first-order valence-electron chi connectivity index (χ1n) is 5.91. The van der Waals surface area contributed by atoms with Crippen molar-refractivity contribution in [2.75, 3.05) is 0 Å². The lowest BCUT2D eigenvalue weighted by atomic mass is 9.80. The summed E-state index contributed by atoms with van der Waals surface area (Å²) in [5.41, 5.74) is 1.28. The Morgan fingerprint density at radius 1 is 1.47 bits per heavy atom. The van der Waals surface area contributed by atoms with Crippen LogP contribution in [0.25, 0.3) is 0 Å². The summed E-state index contributed by atoms with van der Waals surface area (Å²) in [5.74, 6) is 0.893. The minimum atomic E-state index is 0.411. The lowest BCUT2D eigenvalue weighted by Gasteiger charge is -2.33. The predicted molar refractivity (Wildman–Crippen MR) is 61.6 cm³/mol. The van der Waals surface area contributed by atoms with Crippen LogP contribution in [0.3, 0.4) is 0 Å². The van der Waals surface area contributed by atoms with E-state index in [1.165, 1.54) is 24.8 Å². The van der Waals surface area contributed by atoms with Crippen LogP contribution in [0.1, 0.15) is 44.7 Å². The highest BCUT2D eigenvalue weighted by Gasteiger charge is 2.25. The smallest absolute Gasteiger partial charge is 0.0537 e. The number of hydrogen-bond donors (Lipinski definition) is 1. The minimum Gasteiger partial charge on any atom is -0.307 e. The van der Waals surface area contributed by atoms with Crippen LogP contribution in [0.4, 0.5) is 0 Å². The largest absolute Gasteiger partial charge is 0.307 e. The molecule has 3 heteroatoms. The van der Waals surface area contributed by atoms with Gasteiger partial charge in [0.1, 0.15) is 0 Å². The molecule has 1 fully saturated rings. The average molecular weight is 207 g/mol. The fourth-order valence-corrected chi connectivity index (χ4v) is 2.23. The van der Waals surface area contributed by atoms with Gasteiger partial charge in [-0.2, -0.15) is 5.10 Å². The van der Waals surface area contributed by atoms with Crippen molar-refractivity contribution in [3.8, 4) is 0 Å². The molecular weight excluding hydrogens is 186 g/mol. The molecule has 2 rings (SSSR count). The molecule has 1 heterocycles. The van der Waals surface area contributed by atoms with Crippen LogP contribution >= 0.6 is 0 Å². The van der Waals surface area contributed by atoms with Crippen LogP contribution in [-0.2, 0) is 7.05 Å². The molecule has 0 aliphatic heterocycles. The normalized spacial score (nSPS) is 21.0. The van der Waals surface area contributed by atoms with E-state index >= 15 is 0 Å². The summed E-state index contributed by atoms with van der Waals surface area (Å²) in [6, 6.07) is 1.04. The van der Waals surface area contributed by atoms with Crippen molar-refractivity contribution >= 4 is 0 Å². The van der Waals surface area contributed by atoms with Crippen LogP contribution in [0.5, 0.6) is 0 Å². The summed E-state index contributed by atoms with van der Waals surface area (Å²) in [7, 11) is 1.96. The van der Waals surface area contributed by atoms with Crippen LogP contribution in [0.2, 0.25) is 0 Å². The lowest BCUT2D eigenvalue weighted by Crippen LogP contribution is -2.38. The molecule has 0 amide bonds. The lowest BCUT2D eigenvalue weighted by molar-refractivity contribution is 0.230. The molecule has 1 aliphatic carbocycles. The topological polar surface area (TPSA) is 29.9 Å². The Morgan fingerprint density at radius 3 is 2.67 bits per heavy atom.